The van der Waals surface area contributed by atoms with Gasteiger partial charge in [-0.15, -0.1) is 0 Å². The lowest BCUT2D eigenvalue weighted by atomic mass is 9.88. The molecule has 0 bridgehead atoms. The van der Waals surface area contributed by atoms with Crippen LogP contribution in [0.4, 0.5) is 4.79 Å². The number of carbonyl (C=O) groups is 2. The molecule has 4 nitrogen and oxygen atoms in total. The molecule has 108 valence electrons. The molecule has 1 aromatic rings. The SMILES string of the molecule is CC(C)(C)OC(=O)N1CC[C@H](c2ccccc2)C(=O)C1. The van der Waals surface area contributed by atoms with E-state index in [1.807, 2.05) is 51.1 Å². The molecule has 1 aromatic carbocycles. The zero-order valence-electron chi connectivity index (χ0n) is 12.3. The Labute approximate surface area is 119 Å². The molecule has 0 N–H and O–H groups in total. The highest BCUT2D eigenvalue weighted by Gasteiger charge is 2.32. The van der Waals surface area contributed by atoms with Crippen LogP contribution in [0.15, 0.2) is 30.3 Å². The van der Waals surface area contributed by atoms with E-state index in [1.165, 1.54) is 4.90 Å². The van der Waals surface area contributed by atoms with Gasteiger partial charge in [0.05, 0.1) is 6.54 Å². The standard InChI is InChI=1S/C16H21NO3/c1-16(2,3)20-15(19)17-10-9-13(14(18)11-17)12-7-5-4-6-8-12/h4-8,13H,9-11H2,1-3H3/t13-/m1/s1. The number of ether oxygens (including phenoxy) is 1. The van der Waals surface area contributed by atoms with E-state index in [-0.39, 0.29) is 18.2 Å². The Morgan fingerprint density at radius 3 is 2.45 bits per heavy atom. The van der Waals surface area contributed by atoms with Crippen LogP contribution >= 0.6 is 0 Å². The number of ketones is 1. The summed E-state index contributed by atoms with van der Waals surface area (Å²) in [6, 6.07) is 9.73. The van der Waals surface area contributed by atoms with Crippen molar-refractivity contribution < 1.29 is 14.3 Å². The average molecular weight is 275 g/mol. The molecule has 4 heteroatoms. The second kappa shape index (κ2) is 5.65. The van der Waals surface area contributed by atoms with Gasteiger partial charge in [-0.05, 0) is 32.8 Å². The van der Waals surface area contributed by atoms with Crippen LogP contribution in [0.25, 0.3) is 0 Å². The van der Waals surface area contributed by atoms with Crippen molar-refractivity contribution in [3.8, 4) is 0 Å². The molecule has 20 heavy (non-hydrogen) atoms. The Hall–Kier alpha value is -1.84. The molecule has 1 atom stereocenters. The first-order chi connectivity index (χ1) is 9.37. The van der Waals surface area contributed by atoms with Gasteiger partial charge in [-0.1, -0.05) is 30.3 Å². The number of likely N-dealkylation sites (tertiary alicyclic amines) is 1. The van der Waals surface area contributed by atoms with Gasteiger partial charge in [0.15, 0.2) is 5.78 Å². The van der Waals surface area contributed by atoms with Gasteiger partial charge in [0, 0.05) is 12.5 Å². The van der Waals surface area contributed by atoms with E-state index in [2.05, 4.69) is 0 Å². The molecule has 1 amide bonds. The molecule has 1 aliphatic rings. The van der Waals surface area contributed by atoms with Gasteiger partial charge in [0.2, 0.25) is 0 Å². The lowest BCUT2D eigenvalue weighted by Gasteiger charge is -2.32. The van der Waals surface area contributed by atoms with Crippen molar-refractivity contribution in [1.29, 1.82) is 0 Å². The maximum atomic E-state index is 12.2. The molecule has 0 saturated carbocycles. The maximum Gasteiger partial charge on any atom is 0.410 e. The van der Waals surface area contributed by atoms with Crippen LogP contribution in [0.2, 0.25) is 0 Å². The number of hydrogen-bond donors (Lipinski definition) is 0. The van der Waals surface area contributed by atoms with E-state index < -0.39 is 11.7 Å². The molecule has 1 heterocycles. The Bertz CT molecular complexity index is 490. The van der Waals surface area contributed by atoms with Crippen molar-refractivity contribution in [2.24, 2.45) is 0 Å². The third kappa shape index (κ3) is 3.59. The summed E-state index contributed by atoms with van der Waals surface area (Å²) in [5.74, 6) is -0.0248. The summed E-state index contributed by atoms with van der Waals surface area (Å²) in [6.45, 7) is 6.16. The van der Waals surface area contributed by atoms with Crippen LogP contribution in [0.5, 0.6) is 0 Å². The number of piperidine rings is 1. The average Bonchev–Trinajstić information content (AvgIpc) is 2.37. The summed E-state index contributed by atoms with van der Waals surface area (Å²) in [5, 5.41) is 0. The van der Waals surface area contributed by atoms with E-state index in [9.17, 15) is 9.59 Å². The van der Waals surface area contributed by atoms with Gasteiger partial charge < -0.3 is 9.64 Å². The predicted octanol–water partition coefficient (Wildman–Crippen LogP) is 2.98. The monoisotopic (exact) mass is 275 g/mol. The van der Waals surface area contributed by atoms with Gasteiger partial charge in [0.25, 0.3) is 0 Å². The van der Waals surface area contributed by atoms with Crippen molar-refractivity contribution in [1.82, 2.24) is 4.90 Å². The Morgan fingerprint density at radius 2 is 1.90 bits per heavy atom. The van der Waals surface area contributed by atoms with E-state index in [1.54, 1.807) is 0 Å². The van der Waals surface area contributed by atoms with E-state index in [4.69, 9.17) is 4.74 Å². The molecule has 1 aliphatic heterocycles. The number of rotatable bonds is 1. The fourth-order valence-corrected chi connectivity index (χ4v) is 2.34. The van der Waals surface area contributed by atoms with Crippen molar-refractivity contribution in [3.63, 3.8) is 0 Å². The minimum atomic E-state index is -0.531. The van der Waals surface area contributed by atoms with Gasteiger partial charge in [0.1, 0.15) is 5.60 Å². The highest BCUT2D eigenvalue weighted by Crippen LogP contribution is 2.26. The van der Waals surface area contributed by atoms with E-state index in [0.29, 0.717) is 13.0 Å². The Balaban J connectivity index is 1.99. The first-order valence-corrected chi connectivity index (χ1v) is 6.92. The number of hydrogen-bond acceptors (Lipinski definition) is 3. The summed E-state index contributed by atoms with van der Waals surface area (Å²) in [4.78, 5) is 25.7. The first kappa shape index (κ1) is 14.6. The fourth-order valence-electron chi connectivity index (χ4n) is 2.34. The van der Waals surface area contributed by atoms with Crippen LogP contribution < -0.4 is 0 Å². The van der Waals surface area contributed by atoms with Crippen LogP contribution in [-0.2, 0) is 9.53 Å². The van der Waals surface area contributed by atoms with E-state index >= 15 is 0 Å². The minimum absolute atomic E-state index is 0.0771. The molecular formula is C16H21NO3. The smallest absolute Gasteiger partial charge is 0.410 e. The van der Waals surface area contributed by atoms with Crippen LogP contribution in [0, 0.1) is 0 Å². The Morgan fingerprint density at radius 1 is 1.25 bits per heavy atom. The second-order valence-electron chi connectivity index (χ2n) is 6.12. The first-order valence-electron chi connectivity index (χ1n) is 6.92. The summed E-state index contributed by atoms with van der Waals surface area (Å²) >= 11 is 0. The maximum absolute atomic E-state index is 12.2. The normalized spacial score (nSPS) is 19.9. The van der Waals surface area contributed by atoms with Crippen molar-refractivity contribution >= 4 is 11.9 Å². The summed E-state index contributed by atoms with van der Waals surface area (Å²) in [7, 11) is 0. The minimum Gasteiger partial charge on any atom is -0.444 e. The quantitative estimate of drug-likeness (QED) is 0.791. The number of benzene rings is 1. The lowest BCUT2D eigenvalue weighted by molar-refractivity contribution is -0.123. The summed E-state index contributed by atoms with van der Waals surface area (Å²) < 4.78 is 5.30. The van der Waals surface area contributed by atoms with E-state index in [0.717, 1.165) is 5.56 Å². The molecule has 0 spiro atoms. The highest BCUT2D eigenvalue weighted by atomic mass is 16.6. The van der Waals surface area contributed by atoms with Crippen LogP contribution in [-0.4, -0.2) is 35.5 Å². The molecule has 0 radical (unpaired) electrons. The summed E-state index contributed by atoms with van der Waals surface area (Å²) in [5.41, 5.74) is 0.498. The third-order valence-corrected chi connectivity index (χ3v) is 3.28. The van der Waals surface area contributed by atoms with Gasteiger partial charge in [-0.2, -0.15) is 0 Å². The lowest BCUT2D eigenvalue weighted by Crippen LogP contribution is -2.45. The van der Waals surface area contributed by atoms with Crippen molar-refractivity contribution in [3.05, 3.63) is 35.9 Å². The third-order valence-electron chi connectivity index (χ3n) is 3.28. The van der Waals surface area contributed by atoms with Gasteiger partial charge >= 0.3 is 6.09 Å². The van der Waals surface area contributed by atoms with Gasteiger partial charge in [-0.25, -0.2) is 4.79 Å². The Kier molecular flexibility index (Phi) is 4.12. The van der Waals surface area contributed by atoms with Crippen LogP contribution in [0.3, 0.4) is 0 Å². The fraction of sp³-hybridized carbons (Fsp3) is 0.500. The molecular weight excluding hydrogens is 254 g/mol. The van der Waals surface area contributed by atoms with Crippen molar-refractivity contribution in [2.45, 2.75) is 38.7 Å². The number of Topliss-reactive ketones (excluding diaryl/α,β-unsaturated/α-hetero) is 1. The van der Waals surface area contributed by atoms with Gasteiger partial charge in [-0.3, -0.25) is 4.79 Å². The highest BCUT2D eigenvalue weighted by molar-refractivity contribution is 5.90. The van der Waals surface area contributed by atoms with Crippen LogP contribution in [0.1, 0.15) is 38.7 Å². The number of amides is 1. The molecule has 1 fully saturated rings. The summed E-state index contributed by atoms with van der Waals surface area (Å²) in [6.07, 6.45) is 0.250. The number of nitrogens with zero attached hydrogens (tertiary/aromatic N) is 1. The van der Waals surface area contributed by atoms with Crippen molar-refractivity contribution in [2.75, 3.05) is 13.1 Å². The zero-order valence-corrected chi connectivity index (χ0v) is 12.3. The predicted molar refractivity (Wildman–Crippen MR) is 76.6 cm³/mol. The molecule has 2 rings (SSSR count). The topological polar surface area (TPSA) is 46.6 Å². The molecule has 1 saturated heterocycles. The largest absolute Gasteiger partial charge is 0.444 e. The zero-order chi connectivity index (χ0) is 14.8. The second-order valence-corrected chi connectivity index (χ2v) is 6.12. The number of carbonyl (C=O) groups excluding carboxylic acids is 2. The molecule has 0 unspecified atom stereocenters. The molecule has 0 aliphatic carbocycles. The molecule has 0 aromatic heterocycles.